The minimum atomic E-state index is -1.09. The Balaban J connectivity index is 3.14. The fourth-order valence-electron chi connectivity index (χ4n) is 1.97. The van der Waals surface area contributed by atoms with Crippen molar-refractivity contribution in [1.82, 2.24) is 5.32 Å². The summed E-state index contributed by atoms with van der Waals surface area (Å²) in [5, 5.41) is 2.71. The molecule has 0 heterocycles. The average molecular weight is 388 g/mol. The van der Waals surface area contributed by atoms with Gasteiger partial charge in [0.15, 0.2) is 11.5 Å². The number of hydrogen-bond acceptors (Lipinski definition) is 5. The molecular weight excluding hydrogens is 366 g/mol. The number of benzene rings is 1. The van der Waals surface area contributed by atoms with Gasteiger partial charge in [0.1, 0.15) is 5.54 Å². The van der Waals surface area contributed by atoms with Crippen LogP contribution in [0.1, 0.15) is 37.6 Å². The van der Waals surface area contributed by atoms with Gasteiger partial charge < -0.3 is 19.5 Å². The molecule has 0 radical (unpaired) electrons. The molecule has 1 atom stereocenters. The molecule has 6 nitrogen and oxygen atoms in total. The molecule has 0 saturated heterocycles. The lowest BCUT2D eigenvalue weighted by Gasteiger charge is -2.26. The van der Waals surface area contributed by atoms with Crippen LogP contribution >= 0.6 is 15.9 Å². The zero-order valence-electron chi connectivity index (χ0n) is 14.0. The maximum Gasteiger partial charge on any atom is 0.331 e. The van der Waals surface area contributed by atoms with Crippen LogP contribution in [0.4, 0.5) is 0 Å². The molecule has 0 saturated carbocycles. The lowest BCUT2D eigenvalue weighted by atomic mass is 9.98. The van der Waals surface area contributed by atoms with Crippen LogP contribution in [0, 0.1) is 0 Å². The maximum absolute atomic E-state index is 12.5. The third kappa shape index (κ3) is 4.37. The van der Waals surface area contributed by atoms with Crippen molar-refractivity contribution in [3.8, 4) is 11.5 Å². The number of carbonyl (C=O) groups is 2. The molecule has 0 bridgehead atoms. The van der Waals surface area contributed by atoms with Gasteiger partial charge in [-0.2, -0.15) is 0 Å². The molecule has 0 aliphatic rings. The normalized spacial score (nSPS) is 13.0. The van der Waals surface area contributed by atoms with Gasteiger partial charge in [0, 0.05) is 5.56 Å². The van der Waals surface area contributed by atoms with Crippen LogP contribution in [0.15, 0.2) is 16.6 Å². The summed E-state index contributed by atoms with van der Waals surface area (Å²) >= 11 is 3.37. The first-order valence-electron chi connectivity index (χ1n) is 7.24. The van der Waals surface area contributed by atoms with Crippen LogP contribution in [0.3, 0.4) is 0 Å². The van der Waals surface area contributed by atoms with E-state index in [1.54, 1.807) is 26.0 Å². The van der Waals surface area contributed by atoms with Crippen LogP contribution < -0.4 is 14.8 Å². The smallest absolute Gasteiger partial charge is 0.331 e. The van der Waals surface area contributed by atoms with E-state index in [0.29, 0.717) is 34.6 Å². The Hall–Kier alpha value is -1.76. The first kappa shape index (κ1) is 19.3. The van der Waals surface area contributed by atoms with E-state index in [0.717, 1.165) is 0 Å². The Morgan fingerprint density at radius 2 is 1.91 bits per heavy atom. The fourth-order valence-corrected chi connectivity index (χ4v) is 2.52. The summed E-state index contributed by atoms with van der Waals surface area (Å²) < 4.78 is 16.1. The van der Waals surface area contributed by atoms with Crippen molar-refractivity contribution >= 4 is 27.8 Å². The summed E-state index contributed by atoms with van der Waals surface area (Å²) in [7, 11) is 2.79. The molecular formula is C16H22BrNO5. The van der Waals surface area contributed by atoms with Crippen molar-refractivity contribution in [3.05, 3.63) is 22.2 Å². The SMILES string of the molecule is CCOc1c(Br)cc(C(=O)NC(C)(CC)C(=O)OC)cc1OC. The fraction of sp³-hybridized carbons (Fsp3) is 0.500. The minimum Gasteiger partial charge on any atom is -0.493 e. The summed E-state index contributed by atoms with van der Waals surface area (Å²) in [4.78, 5) is 24.4. The van der Waals surface area contributed by atoms with Gasteiger partial charge in [-0.25, -0.2) is 4.79 Å². The first-order chi connectivity index (χ1) is 10.8. The zero-order valence-corrected chi connectivity index (χ0v) is 15.6. The highest BCUT2D eigenvalue weighted by Crippen LogP contribution is 2.36. The topological polar surface area (TPSA) is 73.9 Å². The molecule has 1 aromatic carbocycles. The Labute approximate surface area is 144 Å². The average Bonchev–Trinajstić information content (AvgIpc) is 2.55. The molecule has 7 heteroatoms. The van der Waals surface area contributed by atoms with E-state index in [-0.39, 0.29) is 0 Å². The molecule has 23 heavy (non-hydrogen) atoms. The van der Waals surface area contributed by atoms with Crippen LogP contribution in [0.5, 0.6) is 11.5 Å². The number of amides is 1. The minimum absolute atomic E-state index is 0.348. The zero-order chi connectivity index (χ0) is 17.6. The van der Waals surface area contributed by atoms with Crippen molar-refractivity contribution in [2.24, 2.45) is 0 Å². The van der Waals surface area contributed by atoms with Crippen molar-refractivity contribution < 1.29 is 23.8 Å². The number of rotatable bonds is 7. The molecule has 0 spiro atoms. The van der Waals surface area contributed by atoms with Crippen LogP contribution in [0.25, 0.3) is 0 Å². The third-order valence-electron chi connectivity index (χ3n) is 3.51. The van der Waals surface area contributed by atoms with Gasteiger partial charge in [0.05, 0.1) is 25.3 Å². The number of carbonyl (C=O) groups excluding carboxylic acids is 2. The molecule has 1 unspecified atom stereocenters. The molecule has 0 aromatic heterocycles. The molecule has 1 amide bonds. The Kier molecular flexibility index (Phi) is 6.87. The summed E-state index contributed by atoms with van der Waals surface area (Å²) in [6, 6.07) is 3.19. The van der Waals surface area contributed by atoms with Crippen LogP contribution in [-0.4, -0.2) is 38.2 Å². The van der Waals surface area contributed by atoms with Gasteiger partial charge in [-0.3, -0.25) is 4.79 Å². The van der Waals surface area contributed by atoms with Crippen molar-refractivity contribution in [3.63, 3.8) is 0 Å². The Morgan fingerprint density at radius 1 is 1.26 bits per heavy atom. The van der Waals surface area contributed by atoms with E-state index in [9.17, 15) is 9.59 Å². The highest BCUT2D eigenvalue weighted by molar-refractivity contribution is 9.10. The summed E-state index contributed by atoms with van der Waals surface area (Å²) in [6.45, 7) is 5.75. The number of esters is 1. The summed E-state index contributed by atoms with van der Waals surface area (Å²) in [5.74, 6) is 0.0625. The summed E-state index contributed by atoms with van der Waals surface area (Å²) in [5.41, 5.74) is -0.745. The van der Waals surface area contributed by atoms with E-state index >= 15 is 0 Å². The number of hydrogen-bond donors (Lipinski definition) is 1. The monoisotopic (exact) mass is 387 g/mol. The molecule has 1 N–H and O–H groups in total. The highest BCUT2D eigenvalue weighted by Gasteiger charge is 2.34. The van der Waals surface area contributed by atoms with Gasteiger partial charge in [0.25, 0.3) is 5.91 Å². The van der Waals surface area contributed by atoms with Crippen LogP contribution in [-0.2, 0) is 9.53 Å². The van der Waals surface area contributed by atoms with Crippen molar-refractivity contribution in [2.45, 2.75) is 32.7 Å². The quantitative estimate of drug-likeness (QED) is 0.728. The number of halogens is 1. The molecule has 0 aliphatic carbocycles. The van der Waals surface area contributed by atoms with E-state index in [4.69, 9.17) is 14.2 Å². The maximum atomic E-state index is 12.5. The van der Waals surface area contributed by atoms with Crippen molar-refractivity contribution in [1.29, 1.82) is 0 Å². The van der Waals surface area contributed by atoms with E-state index < -0.39 is 17.4 Å². The highest BCUT2D eigenvalue weighted by atomic mass is 79.9. The van der Waals surface area contributed by atoms with E-state index in [1.165, 1.54) is 14.2 Å². The number of ether oxygens (including phenoxy) is 3. The molecule has 1 aromatic rings. The van der Waals surface area contributed by atoms with Gasteiger partial charge in [-0.05, 0) is 48.3 Å². The predicted molar refractivity (Wildman–Crippen MR) is 90.0 cm³/mol. The predicted octanol–water partition coefficient (Wildman–Crippen LogP) is 2.93. The molecule has 1 rings (SSSR count). The molecule has 0 aliphatic heterocycles. The largest absolute Gasteiger partial charge is 0.493 e. The van der Waals surface area contributed by atoms with Gasteiger partial charge >= 0.3 is 5.97 Å². The van der Waals surface area contributed by atoms with Gasteiger partial charge in [-0.15, -0.1) is 0 Å². The van der Waals surface area contributed by atoms with Crippen LogP contribution in [0.2, 0.25) is 0 Å². The second-order valence-electron chi connectivity index (χ2n) is 5.05. The summed E-state index contributed by atoms with van der Waals surface area (Å²) in [6.07, 6.45) is 0.404. The Morgan fingerprint density at radius 3 is 2.39 bits per heavy atom. The van der Waals surface area contributed by atoms with E-state index in [2.05, 4.69) is 21.2 Å². The third-order valence-corrected chi connectivity index (χ3v) is 4.10. The lowest BCUT2D eigenvalue weighted by Crippen LogP contribution is -2.52. The second kappa shape index (κ2) is 8.19. The standard InChI is InChI=1S/C16H22BrNO5/c1-6-16(3,15(20)22-5)18-14(19)10-8-11(17)13(23-7-2)12(9-10)21-4/h8-9H,6-7H2,1-5H3,(H,18,19). The van der Waals surface area contributed by atoms with E-state index in [1.807, 2.05) is 6.92 Å². The molecule has 128 valence electrons. The van der Waals surface area contributed by atoms with Gasteiger partial charge in [0.2, 0.25) is 0 Å². The number of nitrogens with one attached hydrogen (secondary N) is 1. The lowest BCUT2D eigenvalue weighted by molar-refractivity contribution is -0.147. The second-order valence-corrected chi connectivity index (χ2v) is 5.91. The Bertz CT molecular complexity index is 590. The first-order valence-corrected chi connectivity index (χ1v) is 8.03. The number of methoxy groups -OCH3 is 2. The molecule has 0 fully saturated rings. The van der Waals surface area contributed by atoms with Crippen molar-refractivity contribution in [2.75, 3.05) is 20.8 Å². The van der Waals surface area contributed by atoms with Gasteiger partial charge in [-0.1, -0.05) is 6.92 Å².